The lowest BCUT2D eigenvalue weighted by molar-refractivity contribution is 0.161. The van der Waals surface area contributed by atoms with E-state index in [2.05, 4.69) is 11.7 Å². The van der Waals surface area contributed by atoms with Crippen molar-refractivity contribution in [1.29, 1.82) is 0 Å². The Hall–Kier alpha value is 0.620. The van der Waals surface area contributed by atoms with Gasteiger partial charge in [-0.1, -0.05) is 0 Å². The Kier molecular flexibility index (Phi) is 4.19. The van der Waals surface area contributed by atoms with Crippen LogP contribution in [0.15, 0.2) is 0 Å². The van der Waals surface area contributed by atoms with E-state index in [1.165, 1.54) is 0 Å². The third-order valence-electron chi connectivity index (χ3n) is 0.267. The zero-order chi connectivity index (χ0) is 4.99. The van der Waals surface area contributed by atoms with Gasteiger partial charge in [0.2, 0.25) is 0 Å². The van der Waals surface area contributed by atoms with Gasteiger partial charge in [0.05, 0.1) is 6.61 Å². The first-order valence-electron chi connectivity index (χ1n) is 1.39. The molecule has 6 heavy (non-hydrogen) atoms. The Bertz CT molecular complexity index is 28.7. The van der Waals surface area contributed by atoms with Gasteiger partial charge in [-0.15, -0.1) is 0 Å². The highest BCUT2D eigenvalue weighted by Gasteiger charge is 1.94. The van der Waals surface area contributed by atoms with E-state index in [1.807, 2.05) is 0 Å². The molecule has 0 aromatic carbocycles. The second kappa shape index (κ2) is 3.80. The van der Waals surface area contributed by atoms with E-state index in [4.69, 9.17) is 10.2 Å². The first-order chi connectivity index (χ1) is 2.81. The Morgan fingerprint density at radius 1 is 1.83 bits per heavy atom. The van der Waals surface area contributed by atoms with Gasteiger partial charge in [0.1, 0.15) is 5.44 Å². The van der Waals surface area contributed by atoms with Crippen molar-refractivity contribution in [1.82, 2.24) is 0 Å². The third kappa shape index (κ3) is 2.84. The van der Waals surface area contributed by atoms with Gasteiger partial charge in [-0.3, -0.25) is 0 Å². The summed E-state index contributed by atoms with van der Waals surface area (Å²) in [4.78, 5) is 0. The molecule has 0 saturated carbocycles. The summed E-state index contributed by atoms with van der Waals surface area (Å²) in [7, 11) is 0.814. The molecule has 0 amide bonds. The number of hydrogen-bond acceptors (Lipinski definition) is 3. The Morgan fingerprint density at radius 3 is 2.33 bits per heavy atom. The highest BCUT2D eigenvalue weighted by Crippen LogP contribution is 2.09. The lowest BCUT2D eigenvalue weighted by atomic mass is 10.8. The summed E-state index contributed by atoms with van der Waals surface area (Å²) in [6.07, 6.45) is 0. The van der Waals surface area contributed by atoms with Crippen molar-refractivity contribution < 1.29 is 10.2 Å². The van der Waals surface area contributed by atoms with Crippen molar-refractivity contribution in [3.63, 3.8) is 0 Å². The van der Waals surface area contributed by atoms with E-state index in [-0.39, 0.29) is 6.61 Å². The van der Waals surface area contributed by atoms with E-state index >= 15 is 0 Å². The van der Waals surface area contributed by atoms with Gasteiger partial charge in [-0.2, -0.15) is 0 Å². The quantitative estimate of drug-likeness (QED) is 0.407. The van der Waals surface area contributed by atoms with E-state index in [1.54, 1.807) is 0 Å². The van der Waals surface area contributed by atoms with Crippen LogP contribution in [0.4, 0.5) is 0 Å². The van der Waals surface area contributed by atoms with Gasteiger partial charge in [0, 0.05) is 0 Å². The molecule has 37 valence electrons. The van der Waals surface area contributed by atoms with Crippen molar-refractivity contribution in [3.8, 4) is 0 Å². The summed E-state index contributed by atoms with van der Waals surface area (Å²) in [6, 6.07) is 0. The second-order valence-corrected chi connectivity index (χ2v) is 2.05. The van der Waals surface area contributed by atoms with Crippen LogP contribution in [0.1, 0.15) is 0 Å². The molecule has 0 aliphatic heterocycles. The normalized spacial score (nSPS) is 14.5. The molecule has 2 nitrogen and oxygen atoms in total. The molecule has 1 atom stereocenters. The van der Waals surface area contributed by atoms with Crippen molar-refractivity contribution in [3.05, 3.63) is 0 Å². The molecule has 2 N–H and O–H groups in total. The topological polar surface area (TPSA) is 40.5 Å². The maximum atomic E-state index is 8.28. The van der Waals surface area contributed by atoms with Crippen LogP contribution in [0.25, 0.3) is 0 Å². The standard InChI is InChI=1S/C2H5O2S2/c3-1-2(4)6-5/h2-4H,1H2. The highest BCUT2D eigenvalue weighted by molar-refractivity contribution is 8.68. The number of rotatable bonds is 2. The summed E-state index contributed by atoms with van der Waals surface area (Å²) in [5.41, 5.74) is -0.778. The van der Waals surface area contributed by atoms with Crippen LogP contribution in [0, 0.1) is 0 Å². The molecule has 0 spiro atoms. The lowest BCUT2D eigenvalue weighted by Gasteiger charge is -1.95. The van der Waals surface area contributed by atoms with E-state index in [0.717, 1.165) is 10.8 Å². The molecule has 1 radical (unpaired) electrons. The number of aliphatic hydroxyl groups is 2. The SMILES string of the molecule is OCC(O)S[S]. The van der Waals surface area contributed by atoms with Crippen LogP contribution in [0.3, 0.4) is 0 Å². The molecule has 1 unspecified atom stereocenters. The van der Waals surface area contributed by atoms with E-state index in [9.17, 15) is 0 Å². The molecular formula is C2H5O2S2. The minimum atomic E-state index is -0.778. The van der Waals surface area contributed by atoms with Crippen LogP contribution in [0.2, 0.25) is 0 Å². The van der Waals surface area contributed by atoms with Crippen LogP contribution >= 0.6 is 22.5 Å². The predicted octanol–water partition coefficient (Wildman–Crippen LogP) is 0.143. The fourth-order valence-electron chi connectivity index (χ4n) is 0.0304. The Labute approximate surface area is 45.4 Å². The lowest BCUT2D eigenvalue weighted by Crippen LogP contribution is -2.02. The van der Waals surface area contributed by atoms with Crippen LogP contribution < -0.4 is 0 Å². The monoisotopic (exact) mass is 125 g/mol. The molecule has 0 bridgehead atoms. The van der Waals surface area contributed by atoms with Gasteiger partial charge < -0.3 is 10.2 Å². The fourth-order valence-corrected chi connectivity index (χ4v) is 0.274. The summed E-state index contributed by atoms with van der Waals surface area (Å²) in [5.74, 6) is 0. The number of aliphatic hydroxyl groups excluding tert-OH is 2. The van der Waals surface area contributed by atoms with E-state index < -0.39 is 5.44 Å². The molecule has 0 aliphatic carbocycles. The van der Waals surface area contributed by atoms with Gasteiger partial charge in [0.15, 0.2) is 0 Å². The van der Waals surface area contributed by atoms with E-state index in [0.29, 0.717) is 0 Å². The average molecular weight is 125 g/mol. The van der Waals surface area contributed by atoms with Crippen molar-refractivity contribution in [2.75, 3.05) is 6.61 Å². The Balaban J connectivity index is 2.75. The molecule has 0 aromatic rings. The predicted molar refractivity (Wildman–Crippen MR) is 28.3 cm³/mol. The molecule has 0 aliphatic rings. The summed E-state index contributed by atoms with van der Waals surface area (Å²) in [5, 5.41) is 16.3. The molecule has 0 rings (SSSR count). The maximum absolute atomic E-state index is 8.28. The molecule has 0 heterocycles. The van der Waals surface area contributed by atoms with Crippen molar-refractivity contribution >= 4 is 22.5 Å². The van der Waals surface area contributed by atoms with Gasteiger partial charge in [0.25, 0.3) is 0 Å². The van der Waals surface area contributed by atoms with Gasteiger partial charge >= 0.3 is 0 Å². The molecular weight excluding hydrogens is 120 g/mol. The van der Waals surface area contributed by atoms with Gasteiger partial charge in [-0.05, 0) is 22.5 Å². The highest BCUT2D eigenvalue weighted by atomic mass is 33.1. The maximum Gasteiger partial charge on any atom is 0.133 e. The summed E-state index contributed by atoms with van der Waals surface area (Å²) in [6.45, 7) is -0.256. The minimum absolute atomic E-state index is 0.256. The minimum Gasteiger partial charge on any atom is -0.393 e. The Morgan fingerprint density at radius 2 is 2.33 bits per heavy atom. The fraction of sp³-hybridized carbons (Fsp3) is 1.00. The second-order valence-electron chi connectivity index (χ2n) is 0.733. The largest absolute Gasteiger partial charge is 0.393 e. The number of hydrogen-bond donors (Lipinski definition) is 2. The first kappa shape index (κ1) is 6.62. The molecule has 0 fully saturated rings. The smallest absolute Gasteiger partial charge is 0.133 e. The van der Waals surface area contributed by atoms with Gasteiger partial charge in [-0.25, -0.2) is 0 Å². The third-order valence-corrected chi connectivity index (χ3v) is 1.30. The molecule has 4 heteroatoms. The summed E-state index contributed by atoms with van der Waals surface area (Å²) >= 11 is 4.28. The van der Waals surface area contributed by atoms with Crippen LogP contribution in [-0.2, 0) is 0 Å². The molecule has 0 aromatic heterocycles. The average Bonchev–Trinajstić information content (AvgIpc) is 1.65. The zero-order valence-electron chi connectivity index (χ0n) is 3.00. The van der Waals surface area contributed by atoms with Crippen LogP contribution in [-0.4, -0.2) is 22.3 Å². The zero-order valence-corrected chi connectivity index (χ0v) is 4.63. The van der Waals surface area contributed by atoms with Crippen LogP contribution in [0.5, 0.6) is 0 Å². The van der Waals surface area contributed by atoms with Crippen molar-refractivity contribution in [2.45, 2.75) is 5.44 Å². The molecule has 0 saturated heterocycles. The first-order valence-corrected chi connectivity index (χ1v) is 3.19. The van der Waals surface area contributed by atoms with Crippen molar-refractivity contribution in [2.24, 2.45) is 0 Å². The summed E-state index contributed by atoms with van der Waals surface area (Å²) < 4.78 is 0.